The van der Waals surface area contributed by atoms with E-state index in [4.69, 9.17) is 16.6 Å². The van der Waals surface area contributed by atoms with Gasteiger partial charge in [0, 0.05) is 24.8 Å². The maximum atomic E-state index is 13.1. The summed E-state index contributed by atoms with van der Waals surface area (Å²) < 4.78 is 27.7. The molecule has 1 heterocycles. The molecule has 1 fully saturated rings. The number of sulfonamides is 1. The van der Waals surface area contributed by atoms with Crippen LogP contribution in [0.1, 0.15) is 47.3 Å². The van der Waals surface area contributed by atoms with Crippen molar-refractivity contribution >= 4 is 33.5 Å². The number of aromatic nitrogens is 2. The summed E-state index contributed by atoms with van der Waals surface area (Å²) in [7, 11) is -2.17. The molecular formula is C26H29ClN4O3S. The van der Waals surface area contributed by atoms with Crippen molar-refractivity contribution in [2.24, 2.45) is 5.92 Å². The number of hydrogen-bond donors (Lipinski definition) is 1. The molecule has 1 aromatic heterocycles. The van der Waals surface area contributed by atoms with E-state index in [1.807, 2.05) is 30.1 Å². The Balaban J connectivity index is 1.56. The second-order valence-electron chi connectivity index (χ2n) is 8.93. The normalized spacial score (nSPS) is 14.1. The molecule has 2 aromatic carbocycles. The van der Waals surface area contributed by atoms with Crippen molar-refractivity contribution in [3.8, 4) is 0 Å². The molecule has 0 unspecified atom stereocenters. The van der Waals surface area contributed by atoms with Crippen LogP contribution in [-0.4, -0.2) is 37.9 Å². The van der Waals surface area contributed by atoms with Gasteiger partial charge in [0.1, 0.15) is 0 Å². The predicted octanol–water partition coefficient (Wildman–Crippen LogP) is 4.66. The topological polar surface area (TPSA) is 92.3 Å². The van der Waals surface area contributed by atoms with Gasteiger partial charge in [0.2, 0.25) is 5.95 Å². The van der Waals surface area contributed by atoms with Crippen LogP contribution >= 0.6 is 11.6 Å². The fourth-order valence-corrected chi connectivity index (χ4v) is 5.60. The third kappa shape index (κ3) is 6.58. The summed E-state index contributed by atoms with van der Waals surface area (Å²) in [6.07, 6.45) is 7.35. The van der Waals surface area contributed by atoms with Crippen molar-refractivity contribution < 1.29 is 13.2 Å². The molecule has 9 heteroatoms. The average molecular weight is 513 g/mol. The van der Waals surface area contributed by atoms with E-state index >= 15 is 0 Å². The molecule has 0 atom stereocenters. The second kappa shape index (κ2) is 11.2. The number of rotatable bonds is 9. The van der Waals surface area contributed by atoms with E-state index in [0.717, 1.165) is 32.1 Å². The van der Waals surface area contributed by atoms with Crippen molar-refractivity contribution in [3.63, 3.8) is 0 Å². The number of nitrogens with zero attached hydrogens (tertiary/aromatic N) is 3. The number of anilines is 1. The predicted molar refractivity (Wildman–Crippen MR) is 137 cm³/mol. The lowest BCUT2D eigenvalue weighted by Crippen LogP contribution is -2.32. The summed E-state index contributed by atoms with van der Waals surface area (Å²) in [4.78, 5) is 24.1. The third-order valence-electron chi connectivity index (χ3n) is 6.31. The molecule has 3 aromatic rings. The van der Waals surface area contributed by atoms with Gasteiger partial charge in [0.25, 0.3) is 15.9 Å². The summed E-state index contributed by atoms with van der Waals surface area (Å²) in [6, 6.07) is 16.0. The summed E-state index contributed by atoms with van der Waals surface area (Å²) in [5.74, 6) is 0.197. The van der Waals surface area contributed by atoms with Crippen molar-refractivity contribution in [2.75, 3.05) is 18.5 Å². The van der Waals surface area contributed by atoms with Gasteiger partial charge in [-0.2, -0.15) is 0 Å². The molecule has 7 nitrogen and oxygen atoms in total. The van der Waals surface area contributed by atoms with Gasteiger partial charge in [0.05, 0.1) is 16.2 Å². The van der Waals surface area contributed by atoms with Gasteiger partial charge in [-0.05, 0) is 42.5 Å². The maximum absolute atomic E-state index is 13.1. The van der Waals surface area contributed by atoms with E-state index in [0.29, 0.717) is 30.5 Å². The summed E-state index contributed by atoms with van der Waals surface area (Å²) in [5.41, 5.74) is 1.97. The first kappa shape index (κ1) is 25.1. The van der Waals surface area contributed by atoms with Gasteiger partial charge in [-0.1, -0.05) is 73.7 Å². The average Bonchev–Trinajstić information content (AvgIpc) is 3.36. The van der Waals surface area contributed by atoms with E-state index in [9.17, 15) is 13.2 Å². The number of benzene rings is 2. The molecule has 0 saturated heterocycles. The molecule has 0 aliphatic heterocycles. The Hall–Kier alpha value is -2.97. The molecular weight excluding hydrogens is 484 g/mol. The van der Waals surface area contributed by atoms with Gasteiger partial charge in [-0.15, -0.1) is 0 Å². The Morgan fingerprint density at radius 2 is 1.86 bits per heavy atom. The number of carbonyl (C=O) groups excluding carboxylic acids is 1. The Morgan fingerprint density at radius 1 is 1.11 bits per heavy atom. The SMILES string of the molecule is CN(CCc1ccccc1)c1ncc(C(=O)NS(=O)(=O)c2cccc(Cl)c2)c(CC2CCCC2)n1. The molecule has 184 valence electrons. The minimum absolute atomic E-state index is 0.0751. The molecule has 4 rings (SSSR count). The first-order valence-corrected chi connectivity index (χ1v) is 13.6. The number of halogens is 1. The minimum Gasteiger partial charge on any atom is -0.344 e. The zero-order valence-electron chi connectivity index (χ0n) is 19.7. The Kier molecular flexibility index (Phi) is 8.03. The van der Waals surface area contributed by atoms with Crippen LogP contribution in [0.25, 0.3) is 0 Å². The summed E-state index contributed by atoms with van der Waals surface area (Å²) in [6.45, 7) is 0.710. The van der Waals surface area contributed by atoms with E-state index in [1.54, 1.807) is 6.07 Å². The molecule has 1 aliphatic rings. The fraction of sp³-hybridized carbons (Fsp3) is 0.346. The maximum Gasteiger partial charge on any atom is 0.268 e. The van der Waals surface area contributed by atoms with Gasteiger partial charge >= 0.3 is 0 Å². The van der Waals surface area contributed by atoms with E-state index in [1.165, 1.54) is 30.0 Å². The third-order valence-corrected chi connectivity index (χ3v) is 7.87. The standard InChI is InChI=1S/C26H29ClN4O3S/c1-31(15-14-19-8-3-2-4-9-19)26-28-18-23(24(29-26)16-20-10-5-6-11-20)25(32)30-35(33,34)22-13-7-12-21(27)17-22/h2-4,7-9,12-13,17-18,20H,5-6,10-11,14-16H2,1H3,(H,30,32). The number of nitrogens with one attached hydrogen (secondary N) is 1. The largest absolute Gasteiger partial charge is 0.344 e. The lowest BCUT2D eigenvalue weighted by Gasteiger charge is -2.20. The highest BCUT2D eigenvalue weighted by atomic mass is 35.5. The number of hydrogen-bond acceptors (Lipinski definition) is 6. The molecule has 35 heavy (non-hydrogen) atoms. The van der Waals surface area contributed by atoms with E-state index in [-0.39, 0.29) is 15.5 Å². The first-order chi connectivity index (χ1) is 16.8. The fourth-order valence-electron chi connectivity index (χ4n) is 4.34. The zero-order chi connectivity index (χ0) is 24.8. The summed E-state index contributed by atoms with van der Waals surface area (Å²) in [5, 5.41) is 0.272. The minimum atomic E-state index is -4.09. The molecule has 1 saturated carbocycles. The number of carbonyl (C=O) groups is 1. The molecule has 0 bridgehead atoms. The van der Waals surface area contributed by atoms with E-state index in [2.05, 4.69) is 21.8 Å². The van der Waals surface area contributed by atoms with Gasteiger partial charge in [-0.3, -0.25) is 4.79 Å². The smallest absolute Gasteiger partial charge is 0.268 e. The molecule has 0 radical (unpaired) electrons. The summed E-state index contributed by atoms with van der Waals surface area (Å²) >= 11 is 5.93. The Morgan fingerprint density at radius 3 is 2.57 bits per heavy atom. The first-order valence-electron chi connectivity index (χ1n) is 11.8. The van der Waals surface area contributed by atoms with Crippen molar-refractivity contribution in [1.29, 1.82) is 0 Å². The Bertz CT molecular complexity index is 1280. The van der Waals surface area contributed by atoms with Crippen molar-refractivity contribution in [3.05, 3.63) is 82.6 Å². The molecule has 1 aliphatic carbocycles. The van der Waals surface area contributed by atoms with Crippen LogP contribution in [0.2, 0.25) is 5.02 Å². The van der Waals surface area contributed by atoms with Crippen LogP contribution in [-0.2, 0) is 22.9 Å². The zero-order valence-corrected chi connectivity index (χ0v) is 21.2. The lowest BCUT2D eigenvalue weighted by atomic mass is 9.99. The van der Waals surface area contributed by atoms with Crippen LogP contribution in [0, 0.1) is 5.92 Å². The lowest BCUT2D eigenvalue weighted by molar-refractivity contribution is 0.0979. The van der Waals surface area contributed by atoms with Crippen LogP contribution < -0.4 is 9.62 Å². The quantitative estimate of drug-likeness (QED) is 0.448. The van der Waals surface area contributed by atoms with Crippen LogP contribution in [0.5, 0.6) is 0 Å². The Labute approximate surface area is 211 Å². The number of amides is 1. The number of likely N-dealkylation sites (N-methyl/N-ethyl adjacent to an activating group) is 1. The van der Waals surface area contributed by atoms with Gasteiger partial charge in [0.15, 0.2) is 0 Å². The van der Waals surface area contributed by atoms with E-state index < -0.39 is 15.9 Å². The van der Waals surface area contributed by atoms with Crippen LogP contribution in [0.3, 0.4) is 0 Å². The molecule has 1 N–H and O–H groups in total. The highest BCUT2D eigenvalue weighted by Crippen LogP contribution is 2.29. The van der Waals surface area contributed by atoms with Gasteiger partial charge < -0.3 is 4.90 Å². The van der Waals surface area contributed by atoms with Crippen LogP contribution in [0.15, 0.2) is 65.7 Å². The van der Waals surface area contributed by atoms with Crippen molar-refractivity contribution in [1.82, 2.24) is 14.7 Å². The highest BCUT2D eigenvalue weighted by molar-refractivity contribution is 7.90. The van der Waals surface area contributed by atoms with Crippen molar-refractivity contribution in [2.45, 2.75) is 43.4 Å². The molecule has 1 amide bonds. The molecule has 0 spiro atoms. The second-order valence-corrected chi connectivity index (χ2v) is 11.1. The van der Waals surface area contributed by atoms with Gasteiger partial charge in [-0.25, -0.2) is 23.1 Å². The highest BCUT2D eigenvalue weighted by Gasteiger charge is 2.25. The monoisotopic (exact) mass is 512 g/mol. The van der Waals surface area contributed by atoms with Crippen LogP contribution in [0.4, 0.5) is 5.95 Å².